The minimum absolute atomic E-state index is 0.160. The highest BCUT2D eigenvalue weighted by Gasteiger charge is 2.07. The second kappa shape index (κ2) is 4.14. The van der Waals surface area contributed by atoms with E-state index in [1.54, 1.807) is 18.3 Å². The smallest absolute Gasteiger partial charge is 0.323 e. The van der Waals surface area contributed by atoms with Crippen molar-refractivity contribution in [1.29, 1.82) is 0 Å². The first-order chi connectivity index (χ1) is 7.66. The Balaban J connectivity index is 2.36. The Morgan fingerprint density at radius 3 is 2.69 bits per heavy atom. The molecule has 0 atom stereocenters. The van der Waals surface area contributed by atoms with Gasteiger partial charge in [0.1, 0.15) is 12.4 Å². The number of carboxylic acid groups (broad SMARTS) is 1. The number of benzene rings is 1. The van der Waals surface area contributed by atoms with Gasteiger partial charge in [-0.2, -0.15) is 0 Å². The summed E-state index contributed by atoms with van der Waals surface area (Å²) in [6.45, 7) is -0.160. The Kier molecular flexibility index (Phi) is 2.68. The summed E-state index contributed by atoms with van der Waals surface area (Å²) < 4.78 is 14.2. The van der Waals surface area contributed by atoms with E-state index in [0.717, 1.165) is 5.56 Å². The van der Waals surface area contributed by atoms with Gasteiger partial charge in [-0.3, -0.25) is 4.79 Å². The molecule has 0 radical (unpaired) electrons. The molecule has 5 heteroatoms. The van der Waals surface area contributed by atoms with Crippen molar-refractivity contribution in [2.45, 2.75) is 6.54 Å². The van der Waals surface area contributed by atoms with E-state index in [0.29, 0.717) is 5.69 Å². The zero-order chi connectivity index (χ0) is 11.5. The van der Waals surface area contributed by atoms with Gasteiger partial charge >= 0.3 is 5.97 Å². The topological polar surface area (TPSA) is 55.1 Å². The number of aliphatic carboxylic acids is 1. The first-order valence-electron chi connectivity index (χ1n) is 4.64. The van der Waals surface area contributed by atoms with Crippen LogP contribution in [0.4, 0.5) is 4.39 Å². The molecular weight excluding hydrogens is 211 g/mol. The Bertz CT molecular complexity index is 505. The third-order valence-electron chi connectivity index (χ3n) is 2.16. The van der Waals surface area contributed by atoms with E-state index in [4.69, 9.17) is 5.11 Å². The third-order valence-corrected chi connectivity index (χ3v) is 2.16. The van der Waals surface area contributed by atoms with Crippen LogP contribution in [-0.4, -0.2) is 20.6 Å². The molecule has 2 aromatic rings. The minimum Gasteiger partial charge on any atom is -0.480 e. The van der Waals surface area contributed by atoms with Crippen LogP contribution in [-0.2, 0) is 11.3 Å². The number of carboxylic acids is 1. The molecule has 4 nitrogen and oxygen atoms in total. The fourth-order valence-electron chi connectivity index (χ4n) is 1.45. The Hall–Kier alpha value is -2.17. The first-order valence-corrected chi connectivity index (χ1v) is 4.64. The summed E-state index contributed by atoms with van der Waals surface area (Å²) in [6.07, 6.45) is 2.99. The second-order valence-corrected chi connectivity index (χ2v) is 3.31. The zero-order valence-electron chi connectivity index (χ0n) is 8.30. The van der Waals surface area contributed by atoms with Gasteiger partial charge in [0, 0.05) is 0 Å². The summed E-state index contributed by atoms with van der Waals surface area (Å²) in [7, 11) is 0. The number of halogens is 1. The summed E-state index contributed by atoms with van der Waals surface area (Å²) in [5, 5.41) is 8.69. The van der Waals surface area contributed by atoms with Crippen LogP contribution >= 0.6 is 0 Å². The lowest BCUT2D eigenvalue weighted by Crippen LogP contribution is -2.08. The number of imidazole rings is 1. The number of nitrogens with zero attached hydrogens (tertiary/aromatic N) is 2. The van der Waals surface area contributed by atoms with Gasteiger partial charge in [-0.1, -0.05) is 0 Å². The van der Waals surface area contributed by atoms with E-state index in [-0.39, 0.29) is 12.4 Å². The molecule has 0 aliphatic rings. The van der Waals surface area contributed by atoms with E-state index in [9.17, 15) is 9.18 Å². The Labute approximate surface area is 91.0 Å². The third kappa shape index (κ3) is 2.08. The van der Waals surface area contributed by atoms with Gasteiger partial charge < -0.3 is 9.67 Å². The quantitative estimate of drug-likeness (QED) is 0.857. The fraction of sp³-hybridized carbons (Fsp3) is 0.0909. The summed E-state index contributed by atoms with van der Waals surface area (Å²) in [4.78, 5) is 14.5. The van der Waals surface area contributed by atoms with E-state index < -0.39 is 5.97 Å². The van der Waals surface area contributed by atoms with Crippen molar-refractivity contribution in [3.8, 4) is 11.3 Å². The van der Waals surface area contributed by atoms with Gasteiger partial charge in [-0.25, -0.2) is 9.37 Å². The molecule has 0 spiro atoms. The number of hydrogen-bond acceptors (Lipinski definition) is 2. The molecule has 2 rings (SSSR count). The summed E-state index contributed by atoms with van der Waals surface area (Å²) in [5.74, 6) is -1.27. The highest BCUT2D eigenvalue weighted by atomic mass is 19.1. The van der Waals surface area contributed by atoms with E-state index >= 15 is 0 Å². The predicted octanol–water partition coefficient (Wildman–Crippen LogP) is 1.77. The zero-order valence-corrected chi connectivity index (χ0v) is 8.30. The summed E-state index contributed by atoms with van der Waals surface area (Å²) >= 11 is 0. The number of rotatable bonds is 3. The highest BCUT2D eigenvalue weighted by molar-refractivity contribution is 5.68. The number of aromatic nitrogens is 2. The van der Waals surface area contributed by atoms with Crippen molar-refractivity contribution >= 4 is 5.97 Å². The van der Waals surface area contributed by atoms with Gasteiger partial charge in [-0.05, 0) is 29.8 Å². The van der Waals surface area contributed by atoms with Crippen LogP contribution in [0.1, 0.15) is 0 Å². The molecule has 1 heterocycles. The lowest BCUT2D eigenvalue weighted by atomic mass is 10.1. The Morgan fingerprint density at radius 2 is 2.06 bits per heavy atom. The van der Waals surface area contributed by atoms with E-state index in [2.05, 4.69) is 4.98 Å². The molecule has 0 unspecified atom stereocenters. The minimum atomic E-state index is -0.943. The van der Waals surface area contributed by atoms with Crippen molar-refractivity contribution in [2.24, 2.45) is 0 Å². The predicted molar refractivity (Wildman–Crippen MR) is 55.3 cm³/mol. The summed E-state index contributed by atoms with van der Waals surface area (Å²) in [5.41, 5.74) is 1.39. The maximum Gasteiger partial charge on any atom is 0.323 e. The maximum atomic E-state index is 12.7. The fourth-order valence-corrected chi connectivity index (χ4v) is 1.45. The van der Waals surface area contributed by atoms with Crippen LogP contribution in [0.3, 0.4) is 0 Å². The maximum absolute atomic E-state index is 12.7. The first kappa shape index (κ1) is 10.4. The second-order valence-electron chi connectivity index (χ2n) is 3.31. The average Bonchev–Trinajstić information content (AvgIpc) is 2.66. The standard InChI is InChI=1S/C11H9FN2O2/c12-9-3-1-8(2-4-9)10-5-13-7-14(10)6-11(15)16/h1-5,7H,6H2,(H,15,16). The normalized spacial score (nSPS) is 10.3. The van der Waals surface area contributed by atoms with Gasteiger partial charge in [0.15, 0.2) is 0 Å². The van der Waals surface area contributed by atoms with Crippen LogP contribution in [0, 0.1) is 5.82 Å². The van der Waals surface area contributed by atoms with E-state index in [1.165, 1.54) is 23.0 Å². The van der Waals surface area contributed by atoms with Crippen LogP contribution in [0.15, 0.2) is 36.8 Å². The lowest BCUT2D eigenvalue weighted by molar-refractivity contribution is -0.137. The molecule has 0 fully saturated rings. The van der Waals surface area contributed by atoms with Crippen LogP contribution in [0.25, 0.3) is 11.3 Å². The van der Waals surface area contributed by atoms with Crippen LogP contribution in [0.5, 0.6) is 0 Å². The molecule has 82 valence electrons. The molecule has 1 aromatic carbocycles. The van der Waals surface area contributed by atoms with Crippen LogP contribution < -0.4 is 0 Å². The molecule has 1 aromatic heterocycles. The van der Waals surface area contributed by atoms with Gasteiger partial charge in [0.2, 0.25) is 0 Å². The van der Waals surface area contributed by atoms with E-state index in [1.807, 2.05) is 0 Å². The van der Waals surface area contributed by atoms with Crippen molar-refractivity contribution in [3.63, 3.8) is 0 Å². The van der Waals surface area contributed by atoms with Crippen molar-refractivity contribution in [3.05, 3.63) is 42.6 Å². The monoisotopic (exact) mass is 220 g/mol. The molecule has 0 aliphatic carbocycles. The largest absolute Gasteiger partial charge is 0.480 e. The molecule has 0 saturated heterocycles. The van der Waals surface area contributed by atoms with Crippen LogP contribution in [0.2, 0.25) is 0 Å². The lowest BCUT2D eigenvalue weighted by Gasteiger charge is -2.04. The molecular formula is C11H9FN2O2. The SMILES string of the molecule is O=C(O)Cn1cncc1-c1ccc(F)cc1. The number of carbonyl (C=O) groups is 1. The van der Waals surface area contributed by atoms with Gasteiger partial charge in [0.05, 0.1) is 18.2 Å². The molecule has 0 saturated carbocycles. The highest BCUT2D eigenvalue weighted by Crippen LogP contribution is 2.18. The molecule has 0 amide bonds. The van der Waals surface area contributed by atoms with Crippen molar-refractivity contribution in [2.75, 3.05) is 0 Å². The average molecular weight is 220 g/mol. The van der Waals surface area contributed by atoms with Crippen molar-refractivity contribution < 1.29 is 14.3 Å². The van der Waals surface area contributed by atoms with Gasteiger partial charge in [0.25, 0.3) is 0 Å². The van der Waals surface area contributed by atoms with Gasteiger partial charge in [-0.15, -0.1) is 0 Å². The number of hydrogen-bond donors (Lipinski definition) is 1. The Morgan fingerprint density at radius 1 is 1.38 bits per heavy atom. The van der Waals surface area contributed by atoms with Crippen molar-refractivity contribution in [1.82, 2.24) is 9.55 Å². The molecule has 1 N–H and O–H groups in total. The summed E-state index contributed by atoms with van der Waals surface area (Å²) in [6, 6.07) is 5.83. The molecule has 16 heavy (non-hydrogen) atoms. The molecule has 0 aliphatic heterocycles. The molecule has 0 bridgehead atoms.